The molecule has 2 aromatic heterocycles. The lowest BCUT2D eigenvalue weighted by atomic mass is 10.2. The van der Waals surface area contributed by atoms with Crippen LogP contribution < -0.4 is 4.90 Å². The standard InChI is InChI=1S/C21H16FN3O3S2/c1-30(27,28)17-8-9-18-19(11-17)29-21(24-18)25(13-14-3-2-10-23-12-14)20(26)15-4-6-16(22)7-5-15/h2-12H,13H2,1H3. The van der Waals surface area contributed by atoms with Gasteiger partial charge in [0.05, 0.1) is 21.7 Å². The first-order valence-electron chi connectivity index (χ1n) is 8.88. The first kappa shape index (κ1) is 20.1. The van der Waals surface area contributed by atoms with Gasteiger partial charge in [-0.1, -0.05) is 17.4 Å². The zero-order valence-corrected chi connectivity index (χ0v) is 17.5. The van der Waals surface area contributed by atoms with Crippen LogP contribution in [0.15, 0.2) is 71.9 Å². The number of hydrogen-bond acceptors (Lipinski definition) is 6. The van der Waals surface area contributed by atoms with Gasteiger partial charge in [0.1, 0.15) is 5.82 Å². The first-order chi connectivity index (χ1) is 14.3. The number of carbonyl (C=O) groups excluding carboxylic acids is 1. The number of amides is 1. The van der Waals surface area contributed by atoms with E-state index in [1.54, 1.807) is 30.6 Å². The number of fused-ring (bicyclic) bond motifs is 1. The number of sulfone groups is 1. The number of halogens is 1. The van der Waals surface area contributed by atoms with E-state index in [9.17, 15) is 17.6 Å². The molecular weight excluding hydrogens is 425 g/mol. The number of hydrogen-bond donors (Lipinski definition) is 0. The third kappa shape index (κ3) is 4.22. The maximum absolute atomic E-state index is 13.3. The van der Waals surface area contributed by atoms with Crippen LogP contribution in [-0.2, 0) is 16.4 Å². The summed E-state index contributed by atoms with van der Waals surface area (Å²) in [5.74, 6) is -0.778. The van der Waals surface area contributed by atoms with Crippen molar-refractivity contribution in [3.8, 4) is 0 Å². The van der Waals surface area contributed by atoms with Gasteiger partial charge in [0, 0.05) is 24.2 Å². The van der Waals surface area contributed by atoms with Gasteiger partial charge in [-0.05, 0) is 54.1 Å². The summed E-state index contributed by atoms with van der Waals surface area (Å²) in [4.78, 5) is 23.5. The number of nitrogens with zero attached hydrogens (tertiary/aromatic N) is 3. The molecule has 9 heteroatoms. The quantitative estimate of drug-likeness (QED) is 0.466. The van der Waals surface area contributed by atoms with Gasteiger partial charge in [-0.25, -0.2) is 17.8 Å². The van der Waals surface area contributed by atoms with Crippen LogP contribution in [0, 0.1) is 5.82 Å². The molecule has 0 radical (unpaired) electrons. The molecule has 0 unspecified atom stereocenters. The number of carbonyl (C=O) groups is 1. The third-order valence-corrected chi connectivity index (χ3v) is 6.56. The van der Waals surface area contributed by atoms with E-state index < -0.39 is 15.7 Å². The van der Waals surface area contributed by atoms with Crippen LogP contribution in [0.2, 0.25) is 0 Å². The summed E-state index contributed by atoms with van der Waals surface area (Å²) < 4.78 is 37.7. The monoisotopic (exact) mass is 441 g/mol. The third-order valence-electron chi connectivity index (χ3n) is 4.41. The lowest BCUT2D eigenvalue weighted by molar-refractivity contribution is 0.0985. The molecule has 0 N–H and O–H groups in total. The largest absolute Gasteiger partial charge is 0.279 e. The van der Waals surface area contributed by atoms with Gasteiger partial charge in [-0.3, -0.25) is 14.7 Å². The Balaban J connectivity index is 1.78. The summed E-state index contributed by atoms with van der Waals surface area (Å²) in [6, 6.07) is 13.6. The molecule has 0 spiro atoms. The predicted molar refractivity (Wildman–Crippen MR) is 114 cm³/mol. The molecule has 152 valence electrons. The fraction of sp³-hybridized carbons (Fsp3) is 0.0952. The summed E-state index contributed by atoms with van der Waals surface area (Å²) in [6.45, 7) is 0.211. The second-order valence-corrected chi connectivity index (χ2v) is 9.68. The lowest BCUT2D eigenvalue weighted by Crippen LogP contribution is -2.30. The Hall–Kier alpha value is -3.17. The molecule has 0 saturated carbocycles. The van der Waals surface area contributed by atoms with Crippen molar-refractivity contribution in [1.29, 1.82) is 0 Å². The molecule has 0 atom stereocenters. The molecule has 0 aliphatic carbocycles. The van der Waals surface area contributed by atoms with Gasteiger partial charge < -0.3 is 0 Å². The topological polar surface area (TPSA) is 80.2 Å². The maximum atomic E-state index is 13.3. The summed E-state index contributed by atoms with van der Waals surface area (Å²) in [6.07, 6.45) is 4.43. The van der Waals surface area contributed by atoms with Crippen LogP contribution in [-0.4, -0.2) is 30.5 Å². The Labute approximate surface area is 176 Å². The van der Waals surface area contributed by atoms with Crippen LogP contribution >= 0.6 is 11.3 Å². The average molecular weight is 442 g/mol. The highest BCUT2D eigenvalue weighted by atomic mass is 32.2. The highest BCUT2D eigenvalue weighted by molar-refractivity contribution is 7.90. The van der Waals surface area contributed by atoms with Crippen molar-refractivity contribution < 1.29 is 17.6 Å². The van der Waals surface area contributed by atoms with E-state index in [1.165, 1.54) is 46.6 Å². The highest BCUT2D eigenvalue weighted by Crippen LogP contribution is 2.32. The number of anilines is 1. The van der Waals surface area contributed by atoms with E-state index in [2.05, 4.69) is 9.97 Å². The van der Waals surface area contributed by atoms with E-state index in [-0.39, 0.29) is 17.3 Å². The van der Waals surface area contributed by atoms with E-state index in [0.29, 0.717) is 20.9 Å². The van der Waals surface area contributed by atoms with Crippen molar-refractivity contribution in [1.82, 2.24) is 9.97 Å². The summed E-state index contributed by atoms with van der Waals surface area (Å²) >= 11 is 1.22. The van der Waals surface area contributed by atoms with Gasteiger partial charge in [0.25, 0.3) is 5.91 Å². The summed E-state index contributed by atoms with van der Waals surface area (Å²) in [7, 11) is -3.36. The van der Waals surface area contributed by atoms with Gasteiger partial charge in [-0.2, -0.15) is 0 Å². The van der Waals surface area contributed by atoms with Gasteiger partial charge >= 0.3 is 0 Å². The molecule has 2 heterocycles. The Kier molecular flexibility index (Phi) is 5.31. The van der Waals surface area contributed by atoms with Crippen molar-refractivity contribution >= 4 is 42.4 Å². The number of rotatable bonds is 5. The van der Waals surface area contributed by atoms with Gasteiger partial charge in [0.15, 0.2) is 15.0 Å². The van der Waals surface area contributed by atoms with Crippen molar-refractivity contribution in [2.24, 2.45) is 0 Å². The molecular formula is C21H16FN3O3S2. The van der Waals surface area contributed by atoms with E-state index in [0.717, 1.165) is 11.8 Å². The summed E-state index contributed by atoms with van der Waals surface area (Å²) in [5.41, 5.74) is 1.70. The molecule has 6 nitrogen and oxygen atoms in total. The number of thiazole rings is 1. The van der Waals surface area contributed by atoms with E-state index in [1.807, 2.05) is 6.07 Å². The molecule has 4 rings (SSSR count). The summed E-state index contributed by atoms with van der Waals surface area (Å²) in [5, 5.41) is 0.411. The fourth-order valence-corrected chi connectivity index (χ4v) is 4.61. The second kappa shape index (κ2) is 7.92. The van der Waals surface area contributed by atoms with Crippen molar-refractivity contribution in [2.75, 3.05) is 11.2 Å². The molecule has 30 heavy (non-hydrogen) atoms. The zero-order chi connectivity index (χ0) is 21.3. The predicted octanol–water partition coefficient (Wildman–Crippen LogP) is 4.08. The molecule has 4 aromatic rings. The number of benzene rings is 2. The Morgan fingerprint density at radius 3 is 2.57 bits per heavy atom. The van der Waals surface area contributed by atoms with Crippen LogP contribution in [0.4, 0.5) is 9.52 Å². The smallest absolute Gasteiger partial charge is 0.260 e. The molecule has 2 aromatic carbocycles. The van der Waals surface area contributed by atoms with Crippen molar-refractivity contribution in [2.45, 2.75) is 11.4 Å². The molecule has 0 aliphatic rings. The minimum absolute atomic E-state index is 0.189. The first-order valence-corrected chi connectivity index (χ1v) is 11.6. The maximum Gasteiger partial charge on any atom is 0.260 e. The van der Waals surface area contributed by atoms with Crippen molar-refractivity contribution in [3.63, 3.8) is 0 Å². The molecule has 0 saturated heterocycles. The number of pyridine rings is 1. The molecule has 0 aliphatic heterocycles. The number of aromatic nitrogens is 2. The minimum Gasteiger partial charge on any atom is -0.279 e. The highest BCUT2D eigenvalue weighted by Gasteiger charge is 2.22. The van der Waals surface area contributed by atoms with Crippen LogP contribution in [0.3, 0.4) is 0 Å². The zero-order valence-electron chi connectivity index (χ0n) is 15.8. The van der Waals surface area contributed by atoms with Crippen LogP contribution in [0.1, 0.15) is 15.9 Å². The fourth-order valence-electron chi connectivity index (χ4n) is 2.89. The SMILES string of the molecule is CS(=O)(=O)c1ccc2nc(N(Cc3cccnc3)C(=O)c3ccc(F)cc3)sc2c1. The molecule has 0 fully saturated rings. The molecule has 1 amide bonds. The van der Waals surface area contributed by atoms with E-state index >= 15 is 0 Å². The van der Waals surface area contributed by atoms with Gasteiger partial charge in [0.2, 0.25) is 0 Å². The van der Waals surface area contributed by atoms with Crippen LogP contribution in [0.5, 0.6) is 0 Å². The molecule has 0 bridgehead atoms. The lowest BCUT2D eigenvalue weighted by Gasteiger charge is -2.20. The minimum atomic E-state index is -3.36. The van der Waals surface area contributed by atoms with Crippen molar-refractivity contribution in [3.05, 3.63) is 83.9 Å². The Morgan fingerprint density at radius 2 is 1.90 bits per heavy atom. The Morgan fingerprint density at radius 1 is 1.13 bits per heavy atom. The second-order valence-electron chi connectivity index (χ2n) is 6.66. The normalized spacial score (nSPS) is 11.5. The van der Waals surface area contributed by atoms with Gasteiger partial charge in [-0.15, -0.1) is 0 Å². The average Bonchev–Trinajstić information content (AvgIpc) is 3.15. The Bertz CT molecular complexity index is 1320. The van der Waals surface area contributed by atoms with E-state index in [4.69, 9.17) is 0 Å². The van der Waals surface area contributed by atoms with Crippen LogP contribution in [0.25, 0.3) is 10.2 Å².